The second-order valence-corrected chi connectivity index (χ2v) is 5.79. The Morgan fingerprint density at radius 1 is 1.19 bits per heavy atom. The largest absolute Gasteiger partial charge is 0.324 e. The summed E-state index contributed by atoms with van der Waals surface area (Å²) in [4.78, 5) is 28.1. The summed E-state index contributed by atoms with van der Waals surface area (Å²) in [6.07, 6.45) is 3.69. The Balaban J connectivity index is 1.87. The molecule has 2 N–H and O–H groups in total. The van der Waals surface area contributed by atoms with Gasteiger partial charge in [-0.2, -0.15) is 5.10 Å². The van der Waals surface area contributed by atoms with Gasteiger partial charge in [0.1, 0.15) is 5.82 Å². The third kappa shape index (κ3) is 4.00. The molecule has 0 saturated heterocycles. The van der Waals surface area contributed by atoms with E-state index in [-0.39, 0.29) is 11.6 Å². The number of amides is 2. The predicted octanol–water partition coefficient (Wildman–Crippen LogP) is 3.18. The van der Waals surface area contributed by atoms with Gasteiger partial charge in [-0.15, -0.1) is 0 Å². The molecule has 0 unspecified atom stereocenters. The van der Waals surface area contributed by atoms with E-state index in [1.165, 1.54) is 31.3 Å². The van der Waals surface area contributed by atoms with Crippen molar-refractivity contribution >= 4 is 23.2 Å². The van der Waals surface area contributed by atoms with Gasteiger partial charge in [0.25, 0.3) is 5.91 Å². The fourth-order valence-electron chi connectivity index (χ4n) is 2.67. The van der Waals surface area contributed by atoms with Gasteiger partial charge >= 0.3 is 0 Å². The minimum atomic E-state index is -0.583. The summed E-state index contributed by atoms with van der Waals surface area (Å²) in [6.45, 7) is 3.20. The lowest BCUT2D eigenvalue weighted by Crippen LogP contribution is -2.15. The summed E-state index contributed by atoms with van der Waals surface area (Å²) >= 11 is 0. The molecule has 8 heteroatoms. The monoisotopic (exact) mass is 367 g/mol. The topological polar surface area (TPSA) is 88.9 Å². The summed E-state index contributed by atoms with van der Waals surface area (Å²) < 4.78 is 15.4. The van der Waals surface area contributed by atoms with Gasteiger partial charge in [-0.25, -0.2) is 14.1 Å². The Morgan fingerprint density at radius 3 is 2.67 bits per heavy atom. The lowest BCUT2D eigenvalue weighted by molar-refractivity contribution is -0.114. The van der Waals surface area contributed by atoms with E-state index in [4.69, 9.17) is 0 Å². The van der Waals surface area contributed by atoms with Gasteiger partial charge < -0.3 is 10.6 Å². The highest BCUT2D eigenvalue weighted by molar-refractivity contribution is 6.05. The molecule has 0 saturated carbocycles. The molecular weight excluding hydrogens is 349 g/mol. The van der Waals surface area contributed by atoms with E-state index >= 15 is 0 Å². The first-order valence-electron chi connectivity index (χ1n) is 8.36. The molecule has 0 bridgehead atoms. The molecule has 2 amide bonds. The second kappa shape index (κ2) is 7.77. The van der Waals surface area contributed by atoms with Gasteiger partial charge in [-0.05, 0) is 36.8 Å². The van der Waals surface area contributed by atoms with Crippen molar-refractivity contribution in [2.45, 2.75) is 20.3 Å². The maximum absolute atomic E-state index is 13.8. The van der Waals surface area contributed by atoms with Crippen LogP contribution in [0.15, 0.2) is 48.8 Å². The van der Waals surface area contributed by atoms with Crippen molar-refractivity contribution in [1.82, 2.24) is 14.8 Å². The van der Waals surface area contributed by atoms with Crippen molar-refractivity contribution < 1.29 is 14.0 Å². The minimum Gasteiger partial charge on any atom is -0.324 e. The molecule has 27 heavy (non-hydrogen) atoms. The van der Waals surface area contributed by atoms with Crippen LogP contribution in [-0.2, 0) is 11.2 Å². The number of rotatable bonds is 5. The van der Waals surface area contributed by atoms with Crippen LogP contribution in [-0.4, -0.2) is 26.6 Å². The zero-order valence-electron chi connectivity index (χ0n) is 14.9. The number of aromatic nitrogens is 3. The summed E-state index contributed by atoms with van der Waals surface area (Å²) in [5.74, 6) is -0.750. The number of nitrogens with zero attached hydrogens (tertiary/aromatic N) is 3. The van der Waals surface area contributed by atoms with Crippen LogP contribution in [0, 0.1) is 5.82 Å². The van der Waals surface area contributed by atoms with Crippen molar-refractivity contribution in [2.24, 2.45) is 0 Å². The SMILES string of the molecule is CCc1c(C(=O)Nc2ccc(F)c(NC(C)=O)c2)cnn1-c1ccccn1. The van der Waals surface area contributed by atoms with E-state index in [1.807, 2.05) is 13.0 Å². The first-order chi connectivity index (χ1) is 13.0. The predicted molar refractivity (Wildman–Crippen MR) is 99.4 cm³/mol. The normalized spacial score (nSPS) is 10.5. The number of carbonyl (C=O) groups excluding carboxylic acids is 2. The van der Waals surface area contributed by atoms with Gasteiger partial charge in [0.2, 0.25) is 5.91 Å². The quantitative estimate of drug-likeness (QED) is 0.725. The zero-order chi connectivity index (χ0) is 19.4. The molecule has 3 aromatic rings. The molecule has 7 nitrogen and oxygen atoms in total. The van der Waals surface area contributed by atoms with Crippen LogP contribution in [0.1, 0.15) is 29.9 Å². The van der Waals surface area contributed by atoms with E-state index in [0.29, 0.717) is 29.2 Å². The average Bonchev–Trinajstić information content (AvgIpc) is 3.09. The highest BCUT2D eigenvalue weighted by Crippen LogP contribution is 2.21. The van der Waals surface area contributed by atoms with Gasteiger partial charge in [0, 0.05) is 18.8 Å². The van der Waals surface area contributed by atoms with Crippen LogP contribution >= 0.6 is 0 Å². The number of nitrogens with one attached hydrogen (secondary N) is 2. The van der Waals surface area contributed by atoms with Gasteiger partial charge in [-0.1, -0.05) is 13.0 Å². The van der Waals surface area contributed by atoms with Gasteiger partial charge in [0.15, 0.2) is 5.82 Å². The molecule has 2 aromatic heterocycles. The number of benzene rings is 1. The van der Waals surface area contributed by atoms with E-state index in [0.717, 1.165) is 0 Å². The maximum atomic E-state index is 13.8. The molecule has 0 atom stereocenters. The Hall–Kier alpha value is -3.55. The zero-order valence-corrected chi connectivity index (χ0v) is 14.9. The van der Waals surface area contributed by atoms with Crippen LogP contribution in [0.3, 0.4) is 0 Å². The van der Waals surface area contributed by atoms with Crippen molar-refractivity contribution in [3.05, 3.63) is 65.9 Å². The third-order valence-electron chi connectivity index (χ3n) is 3.85. The second-order valence-electron chi connectivity index (χ2n) is 5.79. The van der Waals surface area contributed by atoms with E-state index in [1.54, 1.807) is 23.0 Å². The molecule has 1 aromatic carbocycles. The lowest BCUT2D eigenvalue weighted by atomic mass is 10.2. The van der Waals surface area contributed by atoms with E-state index in [9.17, 15) is 14.0 Å². The number of hydrogen-bond acceptors (Lipinski definition) is 4. The van der Waals surface area contributed by atoms with Crippen molar-refractivity contribution in [1.29, 1.82) is 0 Å². The number of carbonyl (C=O) groups is 2. The van der Waals surface area contributed by atoms with Gasteiger partial charge in [-0.3, -0.25) is 9.59 Å². The molecule has 0 aliphatic carbocycles. The number of anilines is 2. The fraction of sp³-hybridized carbons (Fsp3) is 0.158. The molecule has 3 rings (SSSR count). The summed E-state index contributed by atoms with van der Waals surface area (Å²) in [6, 6.07) is 9.40. The van der Waals surface area contributed by atoms with Crippen molar-refractivity contribution in [3.63, 3.8) is 0 Å². The van der Waals surface area contributed by atoms with E-state index in [2.05, 4.69) is 20.7 Å². The number of hydrogen-bond donors (Lipinski definition) is 2. The van der Waals surface area contributed by atoms with Crippen LogP contribution in [0.25, 0.3) is 5.82 Å². The standard InChI is InChI=1S/C19H18FN5O2/c1-3-17-14(11-22-25(17)18-6-4-5-9-21-18)19(27)24-13-7-8-15(20)16(10-13)23-12(2)26/h4-11H,3H2,1-2H3,(H,23,26)(H,24,27). The lowest BCUT2D eigenvalue weighted by Gasteiger charge is -2.10. The Kier molecular flexibility index (Phi) is 5.25. The summed E-state index contributed by atoms with van der Waals surface area (Å²) in [5, 5.41) is 9.36. The van der Waals surface area contributed by atoms with Crippen molar-refractivity contribution in [2.75, 3.05) is 10.6 Å². The van der Waals surface area contributed by atoms with E-state index < -0.39 is 11.7 Å². The first kappa shape index (κ1) is 18.2. The Bertz CT molecular complexity index is 985. The van der Waals surface area contributed by atoms with Crippen LogP contribution < -0.4 is 10.6 Å². The molecule has 138 valence electrons. The third-order valence-corrected chi connectivity index (χ3v) is 3.85. The fourth-order valence-corrected chi connectivity index (χ4v) is 2.67. The van der Waals surface area contributed by atoms with Crippen LogP contribution in [0.5, 0.6) is 0 Å². The highest BCUT2D eigenvalue weighted by Gasteiger charge is 2.18. The average molecular weight is 367 g/mol. The van der Waals surface area contributed by atoms with Gasteiger partial charge in [0.05, 0.1) is 23.1 Å². The molecule has 0 spiro atoms. The molecule has 0 aliphatic rings. The molecule has 0 fully saturated rings. The number of pyridine rings is 1. The molecule has 2 heterocycles. The molecule has 0 radical (unpaired) electrons. The maximum Gasteiger partial charge on any atom is 0.259 e. The summed E-state index contributed by atoms with van der Waals surface area (Å²) in [5.41, 5.74) is 1.46. The summed E-state index contributed by atoms with van der Waals surface area (Å²) in [7, 11) is 0. The molecular formula is C19H18FN5O2. The Morgan fingerprint density at radius 2 is 2.00 bits per heavy atom. The first-order valence-corrected chi connectivity index (χ1v) is 8.36. The van der Waals surface area contributed by atoms with Crippen LogP contribution in [0.2, 0.25) is 0 Å². The van der Waals surface area contributed by atoms with Crippen LogP contribution in [0.4, 0.5) is 15.8 Å². The minimum absolute atomic E-state index is 0.000181. The smallest absolute Gasteiger partial charge is 0.259 e. The Labute approximate surface area is 155 Å². The number of halogens is 1. The highest BCUT2D eigenvalue weighted by atomic mass is 19.1. The molecule has 0 aliphatic heterocycles. The van der Waals surface area contributed by atoms with Crippen molar-refractivity contribution in [3.8, 4) is 5.82 Å².